The highest BCUT2D eigenvalue weighted by Crippen LogP contribution is 2.44. The topological polar surface area (TPSA) is 80.7 Å². The summed E-state index contributed by atoms with van der Waals surface area (Å²) in [5, 5.41) is 10.7. The van der Waals surface area contributed by atoms with Crippen LogP contribution in [-0.2, 0) is 14.4 Å². The van der Waals surface area contributed by atoms with Crippen molar-refractivity contribution in [3.63, 3.8) is 0 Å². The molecule has 0 fully saturated rings. The number of ether oxygens (including phenoxy) is 1. The number of benzene rings is 1. The molecule has 0 heterocycles. The number of hydrogen-bond donors (Lipinski definition) is 1. The van der Waals surface area contributed by atoms with Crippen LogP contribution in [0.15, 0.2) is 66.5 Å². The molecule has 2 rings (SSSR count). The maximum Gasteiger partial charge on any atom is 0.177 e. The van der Waals surface area contributed by atoms with Crippen molar-refractivity contribution in [1.82, 2.24) is 0 Å². The fourth-order valence-corrected chi connectivity index (χ4v) is 3.66. The molecule has 164 valence electrons. The maximum atomic E-state index is 13.5. The predicted molar refractivity (Wildman–Crippen MR) is 122 cm³/mol. The molecule has 5 nitrogen and oxygen atoms in total. The standard InChI is InChI=1S/C26H30O5/c1-17(2)11-13-26(14-12-18(3)4)23(29)16-22(28)24(25(26)30)21(27)10-9-19-7-6-8-20(15-19)31-5/h6-10,15-16,24,29H,1,3,11-14H2,2,4-5H3. The van der Waals surface area contributed by atoms with Crippen LogP contribution in [0, 0.1) is 11.3 Å². The zero-order valence-electron chi connectivity index (χ0n) is 18.4. The summed E-state index contributed by atoms with van der Waals surface area (Å²) in [4.78, 5) is 39.0. The van der Waals surface area contributed by atoms with Gasteiger partial charge in [0, 0.05) is 6.08 Å². The van der Waals surface area contributed by atoms with E-state index >= 15 is 0 Å². The summed E-state index contributed by atoms with van der Waals surface area (Å²) < 4.78 is 5.17. The Labute approximate surface area is 183 Å². The van der Waals surface area contributed by atoms with Gasteiger partial charge in [0.05, 0.1) is 12.5 Å². The molecule has 0 bridgehead atoms. The van der Waals surface area contributed by atoms with Crippen molar-refractivity contribution >= 4 is 23.4 Å². The normalized spacial score (nSPS) is 18.0. The Kier molecular flexibility index (Phi) is 7.92. The minimum atomic E-state index is -1.46. The van der Waals surface area contributed by atoms with E-state index in [4.69, 9.17) is 4.74 Å². The molecule has 0 spiro atoms. The van der Waals surface area contributed by atoms with Gasteiger partial charge in [0.15, 0.2) is 17.3 Å². The number of aliphatic hydroxyl groups excluding tert-OH is 1. The van der Waals surface area contributed by atoms with Gasteiger partial charge in [-0.3, -0.25) is 14.4 Å². The third-order valence-electron chi connectivity index (χ3n) is 5.56. The Hall–Kier alpha value is -3.21. The van der Waals surface area contributed by atoms with E-state index in [0.717, 1.165) is 17.2 Å². The van der Waals surface area contributed by atoms with E-state index in [1.165, 1.54) is 6.08 Å². The van der Waals surface area contributed by atoms with E-state index in [1.807, 2.05) is 13.8 Å². The van der Waals surface area contributed by atoms with Gasteiger partial charge in [-0.2, -0.15) is 0 Å². The van der Waals surface area contributed by atoms with Gasteiger partial charge in [0.25, 0.3) is 0 Å². The van der Waals surface area contributed by atoms with Gasteiger partial charge in [-0.15, -0.1) is 13.2 Å². The minimum Gasteiger partial charge on any atom is -0.511 e. The van der Waals surface area contributed by atoms with Gasteiger partial charge >= 0.3 is 0 Å². The minimum absolute atomic E-state index is 0.272. The van der Waals surface area contributed by atoms with Crippen LogP contribution in [0.2, 0.25) is 0 Å². The molecule has 1 aliphatic carbocycles. The number of aliphatic hydroxyl groups is 1. The molecule has 0 saturated heterocycles. The summed E-state index contributed by atoms with van der Waals surface area (Å²) in [6.45, 7) is 11.4. The number of hydrogen-bond acceptors (Lipinski definition) is 5. The van der Waals surface area contributed by atoms with E-state index in [1.54, 1.807) is 37.5 Å². The molecule has 1 N–H and O–H groups in total. The molecule has 1 aromatic rings. The quantitative estimate of drug-likeness (QED) is 0.319. The van der Waals surface area contributed by atoms with Gasteiger partial charge in [-0.25, -0.2) is 0 Å². The van der Waals surface area contributed by atoms with E-state index < -0.39 is 28.7 Å². The van der Waals surface area contributed by atoms with Crippen molar-refractivity contribution in [3.05, 3.63) is 72.0 Å². The predicted octanol–water partition coefficient (Wildman–Crippen LogP) is 5.19. The van der Waals surface area contributed by atoms with Crippen LogP contribution in [-0.4, -0.2) is 29.6 Å². The number of carbonyl (C=O) groups excluding carboxylic acids is 3. The Morgan fingerprint density at radius 3 is 2.32 bits per heavy atom. The molecule has 31 heavy (non-hydrogen) atoms. The average molecular weight is 423 g/mol. The van der Waals surface area contributed by atoms with Crippen molar-refractivity contribution in [2.75, 3.05) is 7.11 Å². The Morgan fingerprint density at radius 1 is 1.16 bits per heavy atom. The summed E-state index contributed by atoms with van der Waals surface area (Å²) in [5.41, 5.74) is 1.12. The number of rotatable bonds is 10. The first-order valence-corrected chi connectivity index (χ1v) is 10.2. The maximum absolute atomic E-state index is 13.5. The monoisotopic (exact) mass is 422 g/mol. The molecule has 0 aromatic heterocycles. The van der Waals surface area contributed by atoms with Crippen molar-refractivity contribution in [2.45, 2.75) is 39.5 Å². The molecule has 1 atom stereocenters. The Morgan fingerprint density at radius 2 is 1.77 bits per heavy atom. The first kappa shape index (κ1) is 24.1. The molecular weight excluding hydrogens is 392 g/mol. The lowest BCUT2D eigenvalue weighted by Crippen LogP contribution is -2.47. The number of allylic oxidation sites excluding steroid dienone is 5. The molecule has 1 aliphatic rings. The van der Waals surface area contributed by atoms with Crippen LogP contribution >= 0.6 is 0 Å². The highest BCUT2D eigenvalue weighted by Gasteiger charge is 2.51. The van der Waals surface area contributed by atoms with E-state index in [9.17, 15) is 19.5 Å². The first-order chi connectivity index (χ1) is 14.6. The van der Waals surface area contributed by atoms with Gasteiger partial charge in [-0.1, -0.05) is 29.4 Å². The van der Waals surface area contributed by atoms with Crippen LogP contribution in [0.1, 0.15) is 45.1 Å². The summed E-state index contributed by atoms with van der Waals surface area (Å²) in [5.74, 6) is -2.95. The van der Waals surface area contributed by atoms with E-state index in [0.29, 0.717) is 24.2 Å². The molecular formula is C26H30O5. The summed E-state index contributed by atoms with van der Waals surface area (Å²) in [6, 6.07) is 7.08. The lowest BCUT2D eigenvalue weighted by atomic mass is 9.64. The summed E-state index contributed by atoms with van der Waals surface area (Å²) in [6.07, 6.45) is 5.39. The number of ketones is 3. The van der Waals surface area contributed by atoms with Crippen molar-refractivity contribution < 1.29 is 24.2 Å². The molecule has 0 aliphatic heterocycles. The zero-order valence-corrected chi connectivity index (χ0v) is 18.4. The average Bonchev–Trinajstić information content (AvgIpc) is 2.71. The Bertz CT molecular complexity index is 946. The van der Waals surface area contributed by atoms with E-state index in [2.05, 4.69) is 13.2 Å². The number of Topliss-reactive ketones (excluding diaryl/α,β-unsaturated/α-hetero) is 1. The second kappa shape index (κ2) is 10.2. The lowest BCUT2D eigenvalue weighted by molar-refractivity contribution is -0.143. The van der Waals surface area contributed by atoms with Crippen LogP contribution in [0.4, 0.5) is 0 Å². The zero-order chi connectivity index (χ0) is 23.2. The van der Waals surface area contributed by atoms with Crippen LogP contribution in [0.25, 0.3) is 6.08 Å². The molecule has 0 radical (unpaired) electrons. The first-order valence-electron chi connectivity index (χ1n) is 10.2. The molecule has 1 unspecified atom stereocenters. The van der Waals surface area contributed by atoms with Crippen LogP contribution in [0.5, 0.6) is 5.75 Å². The highest BCUT2D eigenvalue weighted by molar-refractivity contribution is 6.28. The summed E-state index contributed by atoms with van der Waals surface area (Å²) in [7, 11) is 1.54. The third kappa shape index (κ3) is 5.69. The largest absolute Gasteiger partial charge is 0.511 e. The van der Waals surface area contributed by atoms with Gasteiger partial charge in [0.2, 0.25) is 0 Å². The van der Waals surface area contributed by atoms with E-state index in [-0.39, 0.29) is 18.6 Å². The summed E-state index contributed by atoms with van der Waals surface area (Å²) >= 11 is 0. The Balaban J connectivity index is 2.38. The van der Waals surface area contributed by atoms with Crippen LogP contribution in [0.3, 0.4) is 0 Å². The number of carbonyl (C=O) groups is 3. The van der Waals surface area contributed by atoms with Gasteiger partial charge in [0.1, 0.15) is 17.4 Å². The second-order valence-corrected chi connectivity index (χ2v) is 8.24. The van der Waals surface area contributed by atoms with Gasteiger partial charge < -0.3 is 9.84 Å². The van der Waals surface area contributed by atoms with Crippen molar-refractivity contribution in [1.29, 1.82) is 0 Å². The molecule has 0 amide bonds. The van der Waals surface area contributed by atoms with Gasteiger partial charge in [-0.05, 0) is 63.3 Å². The lowest BCUT2D eigenvalue weighted by Gasteiger charge is -2.37. The highest BCUT2D eigenvalue weighted by atomic mass is 16.5. The SMILES string of the molecule is C=C(C)CCC1(CCC(=C)C)C(=O)C(C(=O)C=Cc2cccc(OC)c2)C(=O)C=C1O. The fraction of sp³-hybridized carbons (Fsp3) is 0.346. The van der Waals surface area contributed by atoms with Crippen molar-refractivity contribution in [2.24, 2.45) is 11.3 Å². The van der Waals surface area contributed by atoms with Crippen LogP contribution < -0.4 is 4.74 Å². The number of methoxy groups -OCH3 is 1. The molecule has 1 aromatic carbocycles. The third-order valence-corrected chi connectivity index (χ3v) is 5.56. The van der Waals surface area contributed by atoms with Crippen molar-refractivity contribution in [3.8, 4) is 5.75 Å². The molecule has 0 saturated carbocycles. The fourth-order valence-electron chi connectivity index (χ4n) is 3.66. The molecule has 5 heteroatoms. The smallest absolute Gasteiger partial charge is 0.177 e. The second-order valence-electron chi connectivity index (χ2n) is 8.24.